The van der Waals surface area contributed by atoms with E-state index in [9.17, 15) is 19.2 Å². The zero-order valence-corrected chi connectivity index (χ0v) is 16.9. The van der Waals surface area contributed by atoms with Crippen LogP contribution in [-0.4, -0.2) is 41.2 Å². The normalized spacial score (nSPS) is 28.4. The second kappa shape index (κ2) is 7.28. The van der Waals surface area contributed by atoms with Crippen molar-refractivity contribution in [2.45, 2.75) is 46.1 Å². The summed E-state index contributed by atoms with van der Waals surface area (Å²) in [6, 6.07) is 4.62. The van der Waals surface area contributed by atoms with Gasteiger partial charge in [0, 0.05) is 5.69 Å². The standard InChI is InChI=1S/C22H26N2O5/c1-11-6-12(2)8-16(7-11)23-17(25)10-29-22(28)13(3)24-20(26)18-14-4-5-15(9-14)19(18)21(24)27/h6-8,13-15,18-19H,4-5,9-10H2,1-3H3,(H,23,25)/t13-,14-,15+,18-,19+/m1/s1. The molecule has 1 aliphatic heterocycles. The third kappa shape index (κ3) is 3.43. The van der Waals surface area contributed by atoms with Crippen molar-refractivity contribution in [3.63, 3.8) is 0 Å². The highest BCUT2D eigenvalue weighted by atomic mass is 16.5. The van der Waals surface area contributed by atoms with Gasteiger partial charge in [0.05, 0.1) is 11.8 Å². The van der Waals surface area contributed by atoms with Crippen molar-refractivity contribution >= 4 is 29.4 Å². The highest BCUT2D eigenvalue weighted by molar-refractivity contribution is 6.08. The molecule has 0 radical (unpaired) electrons. The number of nitrogens with one attached hydrogen (secondary N) is 1. The van der Waals surface area contributed by atoms with E-state index in [-0.39, 0.29) is 35.5 Å². The fourth-order valence-corrected chi connectivity index (χ4v) is 5.42. The number of carbonyl (C=O) groups excluding carboxylic acids is 4. The number of anilines is 1. The third-order valence-corrected chi connectivity index (χ3v) is 6.54. The van der Waals surface area contributed by atoms with Crippen LogP contribution in [0, 0.1) is 37.5 Å². The van der Waals surface area contributed by atoms with E-state index < -0.39 is 24.5 Å². The molecule has 0 spiro atoms. The van der Waals surface area contributed by atoms with Gasteiger partial charge in [0.2, 0.25) is 11.8 Å². The zero-order chi connectivity index (χ0) is 20.9. The number of likely N-dealkylation sites (tertiary alicyclic amines) is 1. The molecule has 0 unspecified atom stereocenters. The Morgan fingerprint density at radius 2 is 1.62 bits per heavy atom. The van der Waals surface area contributed by atoms with Gasteiger partial charge in [-0.05, 0) is 75.1 Å². The van der Waals surface area contributed by atoms with E-state index in [0.717, 1.165) is 35.3 Å². The van der Waals surface area contributed by atoms with Crippen LogP contribution in [0.4, 0.5) is 5.69 Å². The zero-order valence-electron chi connectivity index (χ0n) is 16.9. The van der Waals surface area contributed by atoms with Gasteiger partial charge in [-0.25, -0.2) is 4.79 Å². The molecule has 2 saturated carbocycles. The fourth-order valence-electron chi connectivity index (χ4n) is 5.42. The molecule has 2 aliphatic carbocycles. The van der Waals surface area contributed by atoms with E-state index >= 15 is 0 Å². The first-order chi connectivity index (χ1) is 13.8. The van der Waals surface area contributed by atoms with Gasteiger partial charge in [0.1, 0.15) is 6.04 Å². The summed E-state index contributed by atoms with van der Waals surface area (Å²) in [6.45, 7) is 4.87. The monoisotopic (exact) mass is 398 g/mol. The molecule has 7 heteroatoms. The predicted molar refractivity (Wildman–Crippen MR) is 105 cm³/mol. The summed E-state index contributed by atoms with van der Waals surface area (Å²) in [7, 11) is 0. The van der Waals surface area contributed by atoms with Crippen molar-refractivity contribution in [3.05, 3.63) is 29.3 Å². The highest BCUT2D eigenvalue weighted by Crippen LogP contribution is 2.56. The van der Waals surface area contributed by atoms with Crippen LogP contribution in [0.2, 0.25) is 0 Å². The first-order valence-electron chi connectivity index (χ1n) is 10.2. The average molecular weight is 398 g/mol. The minimum absolute atomic E-state index is 0.253. The lowest BCUT2D eigenvalue weighted by Gasteiger charge is -2.23. The summed E-state index contributed by atoms with van der Waals surface area (Å²) >= 11 is 0. The number of esters is 1. The summed E-state index contributed by atoms with van der Waals surface area (Å²) in [5.74, 6) is -1.74. The maximum Gasteiger partial charge on any atom is 0.329 e. The van der Waals surface area contributed by atoms with Gasteiger partial charge in [-0.15, -0.1) is 0 Å². The first-order valence-corrected chi connectivity index (χ1v) is 10.2. The Morgan fingerprint density at radius 3 is 2.17 bits per heavy atom. The first kappa shape index (κ1) is 19.6. The number of imide groups is 1. The van der Waals surface area contributed by atoms with Crippen LogP contribution in [0.3, 0.4) is 0 Å². The number of amides is 3. The van der Waals surface area contributed by atoms with Crippen LogP contribution in [0.25, 0.3) is 0 Å². The number of benzene rings is 1. The molecule has 4 rings (SSSR count). The second-order valence-corrected chi connectivity index (χ2v) is 8.64. The summed E-state index contributed by atoms with van der Waals surface area (Å²) < 4.78 is 5.10. The lowest BCUT2D eigenvalue weighted by Crippen LogP contribution is -2.45. The highest BCUT2D eigenvalue weighted by Gasteiger charge is 2.62. The Bertz CT molecular complexity index is 847. The summed E-state index contributed by atoms with van der Waals surface area (Å²) in [4.78, 5) is 51.2. The lowest BCUT2D eigenvalue weighted by atomic mass is 9.81. The van der Waals surface area contributed by atoms with Crippen LogP contribution >= 0.6 is 0 Å². The van der Waals surface area contributed by atoms with Crippen molar-refractivity contribution in [1.82, 2.24) is 4.90 Å². The summed E-state index contributed by atoms with van der Waals surface area (Å²) in [5.41, 5.74) is 2.65. The van der Waals surface area contributed by atoms with E-state index in [1.54, 1.807) is 0 Å². The molecule has 2 bridgehead atoms. The van der Waals surface area contributed by atoms with Gasteiger partial charge in [-0.3, -0.25) is 19.3 Å². The van der Waals surface area contributed by atoms with E-state index in [4.69, 9.17) is 4.74 Å². The Morgan fingerprint density at radius 1 is 1.07 bits per heavy atom. The van der Waals surface area contributed by atoms with Crippen LogP contribution in [0.15, 0.2) is 18.2 Å². The molecule has 5 atom stereocenters. The number of carbonyl (C=O) groups is 4. The molecule has 1 heterocycles. The number of hydrogen-bond donors (Lipinski definition) is 1. The Kier molecular flexibility index (Phi) is 4.92. The van der Waals surface area contributed by atoms with Crippen LogP contribution in [0.1, 0.15) is 37.3 Å². The lowest BCUT2D eigenvalue weighted by molar-refractivity contribution is -0.159. The molecule has 3 fully saturated rings. The molecule has 7 nitrogen and oxygen atoms in total. The molecule has 3 aliphatic rings. The Hall–Kier alpha value is -2.70. The van der Waals surface area contributed by atoms with E-state index in [2.05, 4.69) is 5.32 Å². The van der Waals surface area contributed by atoms with Crippen molar-refractivity contribution in [2.75, 3.05) is 11.9 Å². The van der Waals surface area contributed by atoms with Gasteiger partial charge < -0.3 is 10.1 Å². The van der Waals surface area contributed by atoms with Gasteiger partial charge >= 0.3 is 5.97 Å². The molecule has 1 aromatic rings. The van der Waals surface area contributed by atoms with Gasteiger partial charge in [-0.2, -0.15) is 0 Å². The number of nitrogens with zero attached hydrogens (tertiary/aromatic N) is 1. The molecular formula is C22H26N2O5. The van der Waals surface area contributed by atoms with Crippen LogP contribution < -0.4 is 5.32 Å². The van der Waals surface area contributed by atoms with Crippen molar-refractivity contribution in [1.29, 1.82) is 0 Å². The van der Waals surface area contributed by atoms with Crippen LogP contribution in [-0.2, 0) is 23.9 Å². The molecule has 1 saturated heterocycles. The Balaban J connectivity index is 1.34. The van der Waals surface area contributed by atoms with E-state index in [1.165, 1.54) is 6.92 Å². The van der Waals surface area contributed by atoms with Gasteiger partial charge in [0.15, 0.2) is 6.61 Å². The minimum atomic E-state index is -1.02. The molecule has 0 aromatic heterocycles. The van der Waals surface area contributed by atoms with Gasteiger partial charge in [0.25, 0.3) is 5.91 Å². The summed E-state index contributed by atoms with van der Waals surface area (Å²) in [6.07, 6.45) is 2.91. The quantitative estimate of drug-likeness (QED) is 0.606. The van der Waals surface area contributed by atoms with Crippen molar-refractivity contribution in [3.8, 4) is 0 Å². The maximum absolute atomic E-state index is 12.8. The number of fused-ring (bicyclic) bond motifs is 5. The maximum atomic E-state index is 12.8. The number of aryl methyl sites for hydroxylation is 2. The Labute approximate surface area is 169 Å². The molecule has 1 N–H and O–H groups in total. The van der Waals surface area contributed by atoms with Crippen LogP contribution in [0.5, 0.6) is 0 Å². The van der Waals surface area contributed by atoms with Gasteiger partial charge in [-0.1, -0.05) is 6.07 Å². The van der Waals surface area contributed by atoms with E-state index in [1.807, 2.05) is 32.0 Å². The minimum Gasteiger partial charge on any atom is -0.454 e. The molecule has 29 heavy (non-hydrogen) atoms. The largest absolute Gasteiger partial charge is 0.454 e. The molecule has 154 valence electrons. The average Bonchev–Trinajstić information content (AvgIpc) is 3.32. The van der Waals surface area contributed by atoms with E-state index in [0.29, 0.717) is 5.69 Å². The van der Waals surface area contributed by atoms with Crippen molar-refractivity contribution in [2.24, 2.45) is 23.7 Å². The molecule has 3 amide bonds. The predicted octanol–water partition coefficient (Wildman–Crippen LogP) is 2.20. The number of ether oxygens (including phenoxy) is 1. The molecule has 1 aromatic carbocycles. The third-order valence-electron chi connectivity index (χ3n) is 6.54. The molecular weight excluding hydrogens is 372 g/mol. The second-order valence-electron chi connectivity index (χ2n) is 8.64. The summed E-state index contributed by atoms with van der Waals surface area (Å²) in [5, 5.41) is 2.69. The number of hydrogen-bond acceptors (Lipinski definition) is 5. The fraction of sp³-hybridized carbons (Fsp3) is 0.545. The topological polar surface area (TPSA) is 92.8 Å². The SMILES string of the molecule is Cc1cc(C)cc(NC(=O)COC(=O)[C@@H](C)N2C(=O)[C@@H]3[C@@H]4CC[C@@H](C4)[C@@H]3C2=O)c1. The number of rotatable bonds is 5. The van der Waals surface area contributed by atoms with Crippen molar-refractivity contribution < 1.29 is 23.9 Å². The smallest absolute Gasteiger partial charge is 0.329 e.